The van der Waals surface area contributed by atoms with Gasteiger partial charge >= 0.3 is 0 Å². The number of nitrogens with two attached hydrogens (primary N) is 1. The van der Waals surface area contributed by atoms with E-state index < -0.39 is 11.3 Å². The van der Waals surface area contributed by atoms with E-state index in [1.54, 1.807) is 12.1 Å². The Bertz CT molecular complexity index is 848. The second-order valence-electron chi connectivity index (χ2n) is 6.64. The van der Waals surface area contributed by atoms with Gasteiger partial charge in [-0.3, -0.25) is 0 Å². The van der Waals surface area contributed by atoms with Crippen LogP contribution in [0.15, 0.2) is 41.0 Å². The molecule has 0 radical (unpaired) electrons. The lowest BCUT2D eigenvalue weighted by molar-refractivity contribution is 0.174. The first-order valence-corrected chi connectivity index (χ1v) is 7.48. The molecular formula is C18H17N3O3. The molecule has 2 aliphatic rings. The summed E-state index contributed by atoms with van der Waals surface area (Å²) in [5.74, 6) is 1.15. The molecule has 0 aliphatic carbocycles. The van der Waals surface area contributed by atoms with Crippen molar-refractivity contribution in [3.63, 3.8) is 0 Å². The second kappa shape index (κ2) is 5.50. The van der Waals surface area contributed by atoms with Crippen LogP contribution in [-0.2, 0) is 4.74 Å². The SMILES string of the molecule is CC(C)(C)C1=C(C#N)C(c2ccc3c(c2)OCO3)C(C#N)=C(N)O1. The van der Waals surface area contributed by atoms with Gasteiger partial charge in [-0.1, -0.05) is 26.8 Å². The van der Waals surface area contributed by atoms with Crippen LogP contribution in [0.4, 0.5) is 0 Å². The summed E-state index contributed by atoms with van der Waals surface area (Å²) in [7, 11) is 0. The van der Waals surface area contributed by atoms with Gasteiger partial charge in [0.2, 0.25) is 12.7 Å². The van der Waals surface area contributed by atoms with Crippen LogP contribution in [0, 0.1) is 28.1 Å². The van der Waals surface area contributed by atoms with Crippen LogP contribution in [0.5, 0.6) is 11.5 Å². The Morgan fingerprint density at radius 3 is 2.38 bits per heavy atom. The molecule has 0 saturated heterocycles. The lowest BCUT2D eigenvalue weighted by Gasteiger charge is -2.32. The van der Waals surface area contributed by atoms with E-state index in [9.17, 15) is 10.5 Å². The molecule has 3 rings (SSSR count). The lowest BCUT2D eigenvalue weighted by atomic mass is 9.79. The number of fused-ring (bicyclic) bond motifs is 1. The molecule has 1 atom stereocenters. The first-order chi connectivity index (χ1) is 11.4. The largest absolute Gasteiger partial charge is 0.454 e. The molecule has 2 heterocycles. The van der Waals surface area contributed by atoms with Crippen molar-refractivity contribution in [3.05, 3.63) is 46.6 Å². The van der Waals surface area contributed by atoms with E-state index in [2.05, 4.69) is 12.1 Å². The first kappa shape index (κ1) is 15.8. The number of nitrogens with zero attached hydrogens (tertiary/aromatic N) is 2. The number of benzene rings is 1. The molecule has 2 N–H and O–H groups in total. The number of hydrogen-bond acceptors (Lipinski definition) is 6. The van der Waals surface area contributed by atoms with E-state index in [-0.39, 0.29) is 18.2 Å². The average molecular weight is 323 g/mol. The minimum Gasteiger partial charge on any atom is -0.454 e. The minimum absolute atomic E-state index is 0.0316. The fraction of sp³-hybridized carbons (Fsp3) is 0.333. The molecule has 122 valence electrons. The van der Waals surface area contributed by atoms with Gasteiger partial charge in [0.15, 0.2) is 11.5 Å². The summed E-state index contributed by atoms with van der Waals surface area (Å²) in [6.07, 6.45) is 0. The summed E-state index contributed by atoms with van der Waals surface area (Å²) in [6, 6.07) is 9.64. The predicted molar refractivity (Wildman–Crippen MR) is 85.3 cm³/mol. The second-order valence-corrected chi connectivity index (χ2v) is 6.64. The molecule has 6 heteroatoms. The van der Waals surface area contributed by atoms with E-state index in [1.165, 1.54) is 0 Å². The van der Waals surface area contributed by atoms with Gasteiger partial charge in [0.05, 0.1) is 17.6 Å². The maximum atomic E-state index is 9.73. The molecule has 1 aromatic carbocycles. The normalized spacial score (nSPS) is 19.6. The fourth-order valence-corrected chi connectivity index (χ4v) is 2.86. The van der Waals surface area contributed by atoms with Crippen molar-refractivity contribution in [1.82, 2.24) is 0 Å². The Hall–Kier alpha value is -3.12. The maximum absolute atomic E-state index is 9.73. The number of ether oxygens (including phenoxy) is 3. The molecule has 0 bridgehead atoms. The quantitative estimate of drug-likeness (QED) is 0.852. The summed E-state index contributed by atoms with van der Waals surface area (Å²) >= 11 is 0. The minimum atomic E-state index is -0.586. The van der Waals surface area contributed by atoms with Crippen LogP contribution in [-0.4, -0.2) is 6.79 Å². The fourth-order valence-electron chi connectivity index (χ4n) is 2.86. The molecule has 0 fully saturated rings. The van der Waals surface area contributed by atoms with Gasteiger partial charge in [-0.05, 0) is 17.7 Å². The third-order valence-electron chi connectivity index (χ3n) is 3.95. The Morgan fingerprint density at radius 2 is 1.75 bits per heavy atom. The molecule has 0 amide bonds. The monoisotopic (exact) mass is 323 g/mol. The number of rotatable bonds is 1. The molecule has 1 aromatic rings. The van der Waals surface area contributed by atoms with Crippen LogP contribution in [0.2, 0.25) is 0 Å². The zero-order valence-electron chi connectivity index (χ0n) is 13.7. The Labute approximate surface area is 140 Å². The highest BCUT2D eigenvalue weighted by Crippen LogP contribution is 2.45. The summed E-state index contributed by atoms with van der Waals surface area (Å²) in [4.78, 5) is 0. The van der Waals surface area contributed by atoms with Gasteiger partial charge in [-0.2, -0.15) is 10.5 Å². The zero-order chi connectivity index (χ0) is 17.5. The molecule has 0 saturated carbocycles. The van der Waals surface area contributed by atoms with E-state index in [1.807, 2.05) is 26.8 Å². The van der Waals surface area contributed by atoms with Crippen LogP contribution < -0.4 is 15.2 Å². The van der Waals surface area contributed by atoms with Crippen LogP contribution in [0.3, 0.4) is 0 Å². The molecule has 0 aromatic heterocycles. The van der Waals surface area contributed by atoms with E-state index >= 15 is 0 Å². The van der Waals surface area contributed by atoms with Crippen molar-refractivity contribution in [2.75, 3.05) is 6.79 Å². The van der Waals surface area contributed by atoms with Gasteiger partial charge in [-0.15, -0.1) is 0 Å². The number of allylic oxidation sites excluding steroid dienone is 3. The highest BCUT2D eigenvalue weighted by molar-refractivity contribution is 5.57. The van der Waals surface area contributed by atoms with Crippen molar-refractivity contribution in [3.8, 4) is 23.6 Å². The standard InChI is InChI=1S/C18H17N3O3/c1-18(2,3)16-11(7-19)15(12(8-20)17(21)24-16)10-4-5-13-14(6-10)23-9-22-13/h4-6,15H,9,21H2,1-3H3. The van der Waals surface area contributed by atoms with Crippen molar-refractivity contribution in [2.45, 2.75) is 26.7 Å². The summed E-state index contributed by atoms with van der Waals surface area (Å²) < 4.78 is 16.4. The number of hydrogen-bond donors (Lipinski definition) is 1. The van der Waals surface area contributed by atoms with Gasteiger partial charge in [0, 0.05) is 5.41 Å². The number of nitriles is 2. The van der Waals surface area contributed by atoms with Gasteiger partial charge in [-0.25, -0.2) is 0 Å². The summed E-state index contributed by atoms with van der Waals surface area (Å²) in [5.41, 5.74) is 6.88. The highest BCUT2D eigenvalue weighted by atomic mass is 16.7. The average Bonchev–Trinajstić information content (AvgIpc) is 3.00. The van der Waals surface area contributed by atoms with Crippen molar-refractivity contribution < 1.29 is 14.2 Å². The van der Waals surface area contributed by atoms with Crippen LogP contribution in [0.25, 0.3) is 0 Å². The summed E-state index contributed by atoms with van der Waals surface area (Å²) in [6.45, 7) is 5.95. The lowest BCUT2D eigenvalue weighted by Crippen LogP contribution is -2.26. The molecule has 2 aliphatic heterocycles. The van der Waals surface area contributed by atoms with Crippen molar-refractivity contribution in [2.24, 2.45) is 11.1 Å². The van der Waals surface area contributed by atoms with E-state index in [0.29, 0.717) is 22.8 Å². The van der Waals surface area contributed by atoms with Crippen LogP contribution in [0.1, 0.15) is 32.3 Å². The molecule has 6 nitrogen and oxygen atoms in total. The van der Waals surface area contributed by atoms with Crippen LogP contribution >= 0.6 is 0 Å². The Kier molecular flexibility index (Phi) is 3.62. The van der Waals surface area contributed by atoms with Gasteiger partial charge in [0.1, 0.15) is 17.4 Å². The molecule has 24 heavy (non-hydrogen) atoms. The first-order valence-electron chi connectivity index (χ1n) is 7.48. The topological polar surface area (TPSA) is 101 Å². The molecule has 1 unspecified atom stereocenters. The molecular weight excluding hydrogens is 306 g/mol. The van der Waals surface area contributed by atoms with E-state index in [4.69, 9.17) is 19.9 Å². The summed E-state index contributed by atoms with van der Waals surface area (Å²) in [5, 5.41) is 19.3. The van der Waals surface area contributed by atoms with Crippen molar-refractivity contribution >= 4 is 0 Å². The Morgan fingerprint density at radius 1 is 1.08 bits per heavy atom. The third-order valence-corrected chi connectivity index (χ3v) is 3.95. The van der Waals surface area contributed by atoms with Gasteiger partial charge in [0.25, 0.3) is 0 Å². The maximum Gasteiger partial charge on any atom is 0.231 e. The third kappa shape index (κ3) is 2.43. The molecule has 0 spiro atoms. The zero-order valence-corrected chi connectivity index (χ0v) is 13.7. The van der Waals surface area contributed by atoms with Gasteiger partial charge < -0.3 is 19.9 Å². The predicted octanol–water partition coefficient (Wildman–Crippen LogP) is 3.05. The van der Waals surface area contributed by atoms with Crippen molar-refractivity contribution in [1.29, 1.82) is 10.5 Å². The Balaban J connectivity index is 2.20. The highest BCUT2D eigenvalue weighted by Gasteiger charge is 2.37. The smallest absolute Gasteiger partial charge is 0.231 e. The van der Waals surface area contributed by atoms with E-state index in [0.717, 1.165) is 5.56 Å².